The topological polar surface area (TPSA) is 23.5 Å². The molecule has 0 saturated carbocycles. The van der Waals surface area contributed by atoms with Crippen molar-refractivity contribution in [2.24, 2.45) is 0 Å². The Morgan fingerprint density at radius 3 is 2.06 bits per heavy atom. The second kappa shape index (κ2) is 13.6. The highest BCUT2D eigenvalue weighted by atomic mass is 32.1. The summed E-state index contributed by atoms with van der Waals surface area (Å²) in [7, 11) is 0. The number of aliphatic hydroxyl groups excluding tert-OH is 1. The molecule has 0 spiro atoms. The summed E-state index contributed by atoms with van der Waals surface area (Å²) in [6.07, 6.45) is 7.13. The van der Waals surface area contributed by atoms with Crippen LogP contribution in [-0.4, -0.2) is 29.6 Å². The van der Waals surface area contributed by atoms with E-state index in [1.165, 1.54) is 74.8 Å². The lowest BCUT2D eigenvalue weighted by molar-refractivity contribution is -0.137. The largest absolute Gasteiger partial charge is 0.416 e. The fourth-order valence-electron chi connectivity index (χ4n) is 4.84. The van der Waals surface area contributed by atoms with Gasteiger partial charge in [0.25, 0.3) is 0 Å². The Morgan fingerprint density at radius 1 is 0.829 bits per heavy atom. The predicted molar refractivity (Wildman–Crippen MR) is 143 cm³/mol. The van der Waals surface area contributed by atoms with Crippen LogP contribution in [0.25, 0.3) is 20.9 Å². The van der Waals surface area contributed by atoms with Crippen LogP contribution < -0.4 is 0 Å². The van der Waals surface area contributed by atoms with Crippen molar-refractivity contribution in [1.29, 1.82) is 0 Å². The maximum atomic E-state index is 13.3. The van der Waals surface area contributed by atoms with E-state index in [2.05, 4.69) is 18.7 Å². The van der Waals surface area contributed by atoms with E-state index in [4.69, 9.17) is 0 Å². The maximum Gasteiger partial charge on any atom is 0.416 e. The molecule has 3 rings (SSSR count). The number of alkyl halides is 3. The molecule has 6 heteroatoms. The van der Waals surface area contributed by atoms with Crippen LogP contribution in [0.2, 0.25) is 0 Å². The number of benzene rings is 2. The van der Waals surface area contributed by atoms with Gasteiger partial charge in [0.05, 0.1) is 11.7 Å². The van der Waals surface area contributed by atoms with Crippen molar-refractivity contribution in [3.8, 4) is 0 Å². The fraction of sp³-hybridized carbons (Fsp3) is 0.586. The first-order valence-electron chi connectivity index (χ1n) is 13.3. The van der Waals surface area contributed by atoms with Crippen molar-refractivity contribution < 1.29 is 18.3 Å². The summed E-state index contributed by atoms with van der Waals surface area (Å²) in [4.78, 5) is 2.39. The molecule has 1 atom stereocenters. The monoisotopic (exact) mass is 507 g/mol. The van der Waals surface area contributed by atoms with E-state index < -0.39 is 17.8 Å². The van der Waals surface area contributed by atoms with Crippen molar-refractivity contribution in [1.82, 2.24) is 4.90 Å². The molecule has 0 aliphatic heterocycles. The first-order valence-corrected chi connectivity index (χ1v) is 14.1. The van der Waals surface area contributed by atoms with Crippen molar-refractivity contribution in [3.05, 3.63) is 46.8 Å². The average Bonchev–Trinajstić information content (AvgIpc) is 3.32. The highest BCUT2D eigenvalue weighted by molar-refractivity contribution is 7.18. The Hall–Kier alpha value is -1.63. The second-order valence-electron chi connectivity index (χ2n) is 9.71. The molecule has 0 amide bonds. The Morgan fingerprint density at radius 2 is 1.46 bits per heavy atom. The Balaban J connectivity index is 1.78. The molecule has 0 saturated heterocycles. The van der Waals surface area contributed by atoms with Crippen LogP contribution in [0.5, 0.6) is 0 Å². The third-order valence-corrected chi connectivity index (χ3v) is 7.81. The molecule has 1 aromatic heterocycles. The fourth-order valence-corrected chi connectivity index (χ4v) is 5.79. The smallest absolute Gasteiger partial charge is 0.387 e. The molecule has 1 heterocycles. The minimum Gasteiger partial charge on any atom is -0.387 e. The second-order valence-corrected chi connectivity index (χ2v) is 10.6. The van der Waals surface area contributed by atoms with E-state index in [0.29, 0.717) is 11.9 Å². The van der Waals surface area contributed by atoms with Gasteiger partial charge in [-0.3, -0.25) is 0 Å². The van der Waals surface area contributed by atoms with Crippen LogP contribution in [0.15, 0.2) is 35.7 Å². The molecule has 1 unspecified atom stereocenters. The van der Waals surface area contributed by atoms with Gasteiger partial charge in [-0.2, -0.15) is 13.2 Å². The van der Waals surface area contributed by atoms with Gasteiger partial charge < -0.3 is 10.0 Å². The summed E-state index contributed by atoms with van der Waals surface area (Å²) < 4.78 is 40.7. The molecule has 0 aliphatic rings. The third-order valence-electron chi connectivity index (χ3n) is 6.86. The highest BCUT2D eigenvalue weighted by Gasteiger charge is 2.31. The van der Waals surface area contributed by atoms with Gasteiger partial charge >= 0.3 is 6.18 Å². The summed E-state index contributed by atoms with van der Waals surface area (Å²) in [5, 5.41) is 15.4. The van der Waals surface area contributed by atoms with Crippen LogP contribution >= 0.6 is 11.3 Å². The van der Waals surface area contributed by atoms with Crippen molar-refractivity contribution >= 4 is 32.2 Å². The van der Waals surface area contributed by atoms with E-state index in [-0.39, 0.29) is 0 Å². The molecule has 194 valence electrons. The third kappa shape index (κ3) is 7.93. The van der Waals surface area contributed by atoms with Crippen molar-refractivity contribution in [2.45, 2.75) is 90.3 Å². The van der Waals surface area contributed by atoms with Gasteiger partial charge in [0.15, 0.2) is 0 Å². The van der Waals surface area contributed by atoms with Crippen molar-refractivity contribution in [2.75, 3.05) is 19.6 Å². The number of hydrogen-bond acceptors (Lipinski definition) is 3. The number of rotatable bonds is 15. The summed E-state index contributed by atoms with van der Waals surface area (Å²) in [6, 6.07) is 7.72. The van der Waals surface area contributed by atoms with Gasteiger partial charge in [-0.05, 0) is 71.9 Å². The van der Waals surface area contributed by atoms with Crippen LogP contribution in [-0.2, 0) is 6.18 Å². The zero-order chi connectivity index (χ0) is 25.3. The predicted octanol–water partition coefficient (Wildman–Crippen LogP) is 9.35. The summed E-state index contributed by atoms with van der Waals surface area (Å²) in [5.41, 5.74) is 0.181. The van der Waals surface area contributed by atoms with Crippen LogP contribution in [0.1, 0.15) is 95.3 Å². The summed E-state index contributed by atoms with van der Waals surface area (Å²) >= 11 is 1.44. The summed E-state index contributed by atoms with van der Waals surface area (Å²) in [5.74, 6) is 0. The van der Waals surface area contributed by atoms with Gasteiger partial charge in [-0.1, -0.05) is 71.3 Å². The van der Waals surface area contributed by atoms with Crippen LogP contribution in [0.3, 0.4) is 0 Å². The minimum atomic E-state index is -4.37. The molecule has 2 nitrogen and oxygen atoms in total. The van der Waals surface area contributed by atoms with E-state index in [0.717, 1.165) is 53.0 Å². The van der Waals surface area contributed by atoms with E-state index in [9.17, 15) is 18.3 Å². The van der Waals surface area contributed by atoms with Crippen LogP contribution in [0, 0.1) is 0 Å². The number of nitrogens with zero attached hydrogens (tertiary/aromatic N) is 1. The number of halogens is 3. The Kier molecular flexibility index (Phi) is 10.9. The molecule has 0 aliphatic carbocycles. The van der Waals surface area contributed by atoms with Crippen LogP contribution in [0.4, 0.5) is 13.2 Å². The van der Waals surface area contributed by atoms with E-state index >= 15 is 0 Å². The Labute approximate surface area is 212 Å². The lowest BCUT2D eigenvalue weighted by Gasteiger charge is -2.26. The number of unbranched alkanes of at least 4 members (excludes halogenated alkanes) is 8. The first-order chi connectivity index (χ1) is 16.8. The number of aliphatic hydroxyl groups is 1. The zero-order valence-electron chi connectivity index (χ0n) is 21.2. The normalized spacial score (nSPS) is 13.3. The van der Waals surface area contributed by atoms with Crippen molar-refractivity contribution in [3.63, 3.8) is 0 Å². The highest BCUT2D eigenvalue weighted by Crippen LogP contribution is 2.39. The maximum absolute atomic E-state index is 13.3. The Bertz CT molecular complexity index is 1030. The minimum absolute atomic E-state index is 0.554. The number of thiophene rings is 1. The molecule has 0 bridgehead atoms. The van der Waals surface area contributed by atoms with Gasteiger partial charge in [-0.15, -0.1) is 11.3 Å². The van der Waals surface area contributed by atoms with Gasteiger partial charge in [0.2, 0.25) is 0 Å². The molecular formula is C29H40F3NOS. The van der Waals surface area contributed by atoms with E-state index in [1.54, 1.807) is 0 Å². The van der Waals surface area contributed by atoms with E-state index in [1.807, 2.05) is 17.5 Å². The molecule has 35 heavy (non-hydrogen) atoms. The summed E-state index contributed by atoms with van der Waals surface area (Å²) in [6.45, 7) is 6.95. The molecule has 1 N–H and O–H groups in total. The lowest BCUT2D eigenvalue weighted by Crippen LogP contribution is -2.31. The van der Waals surface area contributed by atoms with Gasteiger partial charge in [0.1, 0.15) is 0 Å². The van der Waals surface area contributed by atoms with Gasteiger partial charge in [-0.25, -0.2) is 0 Å². The SMILES string of the molecule is CCCCCCCN(CCCCCCC)CC(O)c1cc2ccc(C(F)(F)F)cc2c2sccc12. The quantitative estimate of drug-likeness (QED) is 0.207. The van der Waals surface area contributed by atoms with Gasteiger partial charge in [0, 0.05) is 16.6 Å². The molecule has 3 aromatic rings. The number of fused-ring (bicyclic) bond motifs is 3. The molecular weight excluding hydrogens is 467 g/mol. The first kappa shape index (κ1) is 27.9. The standard InChI is InChI=1S/C29H40F3NOS/c1-3-5-7-9-11-16-33(17-12-10-8-6-4-2)21-27(34)26-19-22-13-14-23(29(30,31)32)20-25(22)28-24(26)15-18-35-28/h13-15,18-20,27,34H,3-12,16-17,21H2,1-2H3. The zero-order valence-corrected chi connectivity index (χ0v) is 22.0. The average molecular weight is 508 g/mol. The molecule has 2 aromatic carbocycles. The molecule has 0 radical (unpaired) electrons. The number of hydrogen-bond donors (Lipinski definition) is 1. The molecule has 0 fully saturated rings. The lowest BCUT2D eigenvalue weighted by atomic mass is 9.97.